The summed E-state index contributed by atoms with van der Waals surface area (Å²) in [6.45, 7) is 6.74. The molecule has 0 aliphatic carbocycles. The standard InChI is InChI=1S/C8H14O5/c1-6(11-5-9)12-7(10)13-8(2,3)4/h5-6H,1-4H3. The smallest absolute Gasteiger partial charge is 0.428 e. The molecule has 0 amide bonds. The van der Waals surface area contributed by atoms with E-state index in [2.05, 4.69) is 9.47 Å². The van der Waals surface area contributed by atoms with Crippen molar-refractivity contribution in [3.05, 3.63) is 0 Å². The molecule has 0 saturated carbocycles. The number of rotatable bonds is 3. The quantitative estimate of drug-likeness (QED) is 0.383. The van der Waals surface area contributed by atoms with Gasteiger partial charge in [-0.15, -0.1) is 0 Å². The molecule has 0 bridgehead atoms. The van der Waals surface area contributed by atoms with Crippen LogP contribution in [0.5, 0.6) is 0 Å². The van der Waals surface area contributed by atoms with E-state index in [1.807, 2.05) is 0 Å². The molecule has 0 saturated heterocycles. The van der Waals surface area contributed by atoms with Crippen molar-refractivity contribution < 1.29 is 23.8 Å². The molecule has 0 fully saturated rings. The fourth-order valence-electron chi connectivity index (χ4n) is 0.516. The van der Waals surface area contributed by atoms with Gasteiger partial charge >= 0.3 is 6.16 Å². The lowest BCUT2D eigenvalue weighted by Crippen LogP contribution is -2.27. The van der Waals surface area contributed by atoms with Gasteiger partial charge in [0.2, 0.25) is 6.29 Å². The first-order valence-corrected chi connectivity index (χ1v) is 3.84. The van der Waals surface area contributed by atoms with Crippen LogP contribution in [-0.2, 0) is 19.0 Å². The summed E-state index contributed by atoms with van der Waals surface area (Å²) in [6.07, 6.45) is -1.78. The van der Waals surface area contributed by atoms with Gasteiger partial charge in [-0.25, -0.2) is 4.79 Å². The highest BCUT2D eigenvalue weighted by atomic mass is 16.8. The minimum atomic E-state index is -0.924. The van der Waals surface area contributed by atoms with Gasteiger partial charge in [-0.1, -0.05) is 0 Å². The molecule has 0 aliphatic rings. The zero-order valence-electron chi connectivity index (χ0n) is 8.20. The van der Waals surface area contributed by atoms with Crippen molar-refractivity contribution in [1.82, 2.24) is 0 Å². The summed E-state index contributed by atoms with van der Waals surface area (Å²) >= 11 is 0. The predicted molar refractivity (Wildman–Crippen MR) is 43.9 cm³/mol. The molecule has 0 rings (SSSR count). The van der Waals surface area contributed by atoms with Crippen LogP contribution in [0, 0.1) is 0 Å². The van der Waals surface area contributed by atoms with Crippen molar-refractivity contribution in [1.29, 1.82) is 0 Å². The monoisotopic (exact) mass is 190 g/mol. The average molecular weight is 190 g/mol. The SMILES string of the molecule is CC(OC=O)OC(=O)OC(C)(C)C. The van der Waals surface area contributed by atoms with Gasteiger partial charge in [0.05, 0.1) is 0 Å². The van der Waals surface area contributed by atoms with E-state index in [1.165, 1.54) is 6.92 Å². The van der Waals surface area contributed by atoms with Crippen molar-refractivity contribution in [3.8, 4) is 0 Å². The Balaban J connectivity index is 3.81. The van der Waals surface area contributed by atoms with Gasteiger partial charge in [0, 0.05) is 6.92 Å². The lowest BCUT2D eigenvalue weighted by atomic mass is 10.2. The van der Waals surface area contributed by atoms with Crippen LogP contribution < -0.4 is 0 Å². The average Bonchev–Trinajstić information content (AvgIpc) is 1.81. The van der Waals surface area contributed by atoms with Crippen LogP contribution in [0.15, 0.2) is 0 Å². The maximum Gasteiger partial charge on any atom is 0.511 e. The van der Waals surface area contributed by atoms with Crippen molar-refractivity contribution in [2.75, 3.05) is 0 Å². The molecule has 5 heteroatoms. The molecule has 0 aromatic heterocycles. The molecule has 0 heterocycles. The van der Waals surface area contributed by atoms with Crippen LogP contribution in [0.25, 0.3) is 0 Å². The Kier molecular flexibility index (Phi) is 4.23. The van der Waals surface area contributed by atoms with E-state index in [1.54, 1.807) is 20.8 Å². The summed E-state index contributed by atoms with van der Waals surface area (Å²) in [7, 11) is 0. The second kappa shape index (κ2) is 4.69. The molecule has 76 valence electrons. The number of carbonyl (C=O) groups is 2. The van der Waals surface area contributed by atoms with Gasteiger partial charge in [0.25, 0.3) is 6.47 Å². The number of hydrogen-bond donors (Lipinski definition) is 0. The van der Waals surface area contributed by atoms with Gasteiger partial charge < -0.3 is 14.2 Å². The van der Waals surface area contributed by atoms with Crippen LogP contribution in [0.2, 0.25) is 0 Å². The Morgan fingerprint density at radius 2 is 1.92 bits per heavy atom. The minimum absolute atomic E-state index is 0.203. The van der Waals surface area contributed by atoms with Crippen molar-refractivity contribution >= 4 is 12.6 Å². The van der Waals surface area contributed by atoms with E-state index in [0.29, 0.717) is 0 Å². The molecule has 0 aromatic carbocycles. The third-order valence-electron chi connectivity index (χ3n) is 0.899. The second-order valence-electron chi connectivity index (χ2n) is 3.38. The predicted octanol–water partition coefficient (Wildman–Crippen LogP) is 1.46. The van der Waals surface area contributed by atoms with Crippen LogP contribution in [0.4, 0.5) is 4.79 Å². The minimum Gasteiger partial charge on any atom is -0.428 e. The summed E-state index contributed by atoms with van der Waals surface area (Å²) in [5, 5.41) is 0. The fraction of sp³-hybridized carbons (Fsp3) is 0.750. The molecule has 0 radical (unpaired) electrons. The van der Waals surface area contributed by atoms with E-state index in [0.717, 1.165) is 0 Å². The first kappa shape index (κ1) is 11.7. The van der Waals surface area contributed by atoms with Crippen LogP contribution in [-0.4, -0.2) is 24.5 Å². The highest BCUT2D eigenvalue weighted by molar-refractivity contribution is 5.60. The molecular formula is C8H14O5. The highest BCUT2D eigenvalue weighted by Crippen LogP contribution is 2.09. The van der Waals surface area contributed by atoms with E-state index >= 15 is 0 Å². The van der Waals surface area contributed by atoms with Gasteiger partial charge in [0.1, 0.15) is 5.60 Å². The molecule has 5 nitrogen and oxygen atoms in total. The molecule has 0 spiro atoms. The van der Waals surface area contributed by atoms with Crippen LogP contribution in [0.1, 0.15) is 27.7 Å². The van der Waals surface area contributed by atoms with E-state index < -0.39 is 18.0 Å². The Hall–Kier alpha value is -1.26. The third-order valence-corrected chi connectivity index (χ3v) is 0.899. The zero-order chi connectivity index (χ0) is 10.5. The Morgan fingerprint density at radius 3 is 2.31 bits per heavy atom. The Bertz CT molecular complexity index is 181. The van der Waals surface area contributed by atoms with Gasteiger partial charge in [-0.05, 0) is 20.8 Å². The molecule has 0 aliphatic heterocycles. The maximum absolute atomic E-state index is 10.9. The molecule has 13 heavy (non-hydrogen) atoms. The number of carbonyl (C=O) groups excluding carboxylic acids is 2. The zero-order valence-corrected chi connectivity index (χ0v) is 8.20. The van der Waals surface area contributed by atoms with E-state index in [9.17, 15) is 9.59 Å². The van der Waals surface area contributed by atoms with Crippen LogP contribution >= 0.6 is 0 Å². The van der Waals surface area contributed by atoms with Crippen LogP contribution in [0.3, 0.4) is 0 Å². The first-order chi connectivity index (χ1) is 5.85. The van der Waals surface area contributed by atoms with Gasteiger partial charge in [-0.2, -0.15) is 0 Å². The summed E-state index contributed by atoms with van der Waals surface area (Å²) < 4.78 is 13.7. The third kappa shape index (κ3) is 7.11. The summed E-state index contributed by atoms with van der Waals surface area (Å²) in [4.78, 5) is 20.7. The Labute approximate surface area is 77.0 Å². The lowest BCUT2D eigenvalue weighted by Gasteiger charge is -2.20. The van der Waals surface area contributed by atoms with Crippen molar-refractivity contribution in [2.45, 2.75) is 39.6 Å². The molecule has 0 N–H and O–H groups in total. The van der Waals surface area contributed by atoms with E-state index in [-0.39, 0.29) is 6.47 Å². The normalized spacial score (nSPS) is 12.9. The molecule has 1 atom stereocenters. The maximum atomic E-state index is 10.9. The molecule has 1 unspecified atom stereocenters. The molecular weight excluding hydrogens is 176 g/mol. The van der Waals surface area contributed by atoms with Crippen molar-refractivity contribution in [2.24, 2.45) is 0 Å². The summed E-state index contributed by atoms with van der Waals surface area (Å²) in [5.74, 6) is 0. The lowest BCUT2D eigenvalue weighted by molar-refractivity contribution is -0.154. The summed E-state index contributed by atoms with van der Waals surface area (Å²) in [6, 6.07) is 0. The first-order valence-electron chi connectivity index (χ1n) is 3.84. The second-order valence-corrected chi connectivity index (χ2v) is 3.38. The number of ether oxygens (including phenoxy) is 3. The van der Waals surface area contributed by atoms with Gasteiger partial charge in [-0.3, -0.25) is 4.79 Å². The van der Waals surface area contributed by atoms with E-state index in [4.69, 9.17) is 4.74 Å². The molecule has 0 aromatic rings. The number of hydrogen-bond acceptors (Lipinski definition) is 5. The van der Waals surface area contributed by atoms with Gasteiger partial charge in [0.15, 0.2) is 0 Å². The summed E-state index contributed by atoms with van der Waals surface area (Å²) in [5.41, 5.74) is -0.613. The topological polar surface area (TPSA) is 61.8 Å². The Morgan fingerprint density at radius 1 is 1.38 bits per heavy atom. The fourth-order valence-corrected chi connectivity index (χ4v) is 0.516. The largest absolute Gasteiger partial charge is 0.511 e. The highest BCUT2D eigenvalue weighted by Gasteiger charge is 2.19. The van der Waals surface area contributed by atoms with Crippen molar-refractivity contribution in [3.63, 3.8) is 0 Å².